The van der Waals surface area contributed by atoms with Gasteiger partial charge in [-0.25, -0.2) is 4.79 Å². The zero-order valence-corrected chi connectivity index (χ0v) is 10.5. The quantitative estimate of drug-likeness (QED) is 0.447. The molecule has 1 rings (SSSR count). The van der Waals surface area contributed by atoms with E-state index < -0.39 is 18.0 Å². The number of piperidine rings is 1. The number of urea groups is 1. The SMILES string of the molecule is CC(O)(CNC(=O)NC1CCNCC1)CC(=O)O. The van der Waals surface area contributed by atoms with Gasteiger partial charge in [-0.05, 0) is 32.9 Å². The maximum absolute atomic E-state index is 11.5. The smallest absolute Gasteiger partial charge is 0.315 e. The normalized spacial score (nSPS) is 19.9. The number of aliphatic carboxylic acids is 1. The predicted molar refractivity (Wildman–Crippen MR) is 65.3 cm³/mol. The summed E-state index contributed by atoms with van der Waals surface area (Å²) in [5.41, 5.74) is -1.43. The lowest BCUT2D eigenvalue weighted by atomic mass is 10.0. The van der Waals surface area contributed by atoms with Gasteiger partial charge in [-0.1, -0.05) is 0 Å². The molecule has 1 aliphatic heterocycles. The summed E-state index contributed by atoms with van der Waals surface area (Å²) in [6.45, 7) is 3.05. The number of carbonyl (C=O) groups is 2. The lowest BCUT2D eigenvalue weighted by Gasteiger charge is -2.25. The fraction of sp³-hybridized carbons (Fsp3) is 0.818. The van der Waals surface area contributed by atoms with Crippen molar-refractivity contribution >= 4 is 12.0 Å². The van der Waals surface area contributed by atoms with Crippen LogP contribution >= 0.6 is 0 Å². The van der Waals surface area contributed by atoms with E-state index in [1.807, 2.05) is 0 Å². The zero-order chi connectivity index (χ0) is 13.6. The van der Waals surface area contributed by atoms with Crippen molar-refractivity contribution in [1.29, 1.82) is 0 Å². The van der Waals surface area contributed by atoms with Crippen molar-refractivity contribution in [3.8, 4) is 0 Å². The van der Waals surface area contributed by atoms with E-state index in [0.717, 1.165) is 25.9 Å². The minimum atomic E-state index is -1.43. The van der Waals surface area contributed by atoms with Crippen LogP contribution in [-0.4, -0.2) is 53.5 Å². The highest BCUT2D eigenvalue weighted by molar-refractivity contribution is 5.74. The number of carbonyl (C=O) groups excluding carboxylic acids is 1. The van der Waals surface area contributed by atoms with Gasteiger partial charge in [-0.15, -0.1) is 0 Å². The number of nitrogens with one attached hydrogen (secondary N) is 3. The number of amides is 2. The van der Waals surface area contributed by atoms with Crippen LogP contribution in [0.15, 0.2) is 0 Å². The Labute approximate surface area is 106 Å². The molecule has 1 aliphatic rings. The Morgan fingerprint density at radius 1 is 1.39 bits per heavy atom. The Balaban J connectivity index is 2.25. The topological polar surface area (TPSA) is 111 Å². The molecule has 2 amide bonds. The molecule has 1 heterocycles. The van der Waals surface area contributed by atoms with Crippen LogP contribution in [0.4, 0.5) is 4.79 Å². The monoisotopic (exact) mass is 259 g/mol. The van der Waals surface area contributed by atoms with Crippen LogP contribution in [0.3, 0.4) is 0 Å². The van der Waals surface area contributed by atoms with E-state index in [1.54, 1.807) is 0 Å². The Kier molecular flexibility index (Phi) is 5.36. The third kappa shape index (κ3) is 5.83. The van der Waals surface area contributed by atoms with Gasteiger partial charge >= 0.3 is 12.0 Å². The molecule has 104 valence electrons. The van der Waals surface area contributed by atoms with Crippen molar-refractivity contribution in [3.05, 3.63) is 0 Å². The molecule has 0 radical (unpaired) electrons. The van der Waals surface area contributed by atoms with E-state index >= 15 is 0 Å². The van der Waals surface area contributed by atoms with E-state index in [-0.39, 0.29) is 18.6 Å². The van der Waals surface area contributed by atoms with E-state index in [2.05, 4.69) is 16.0 Å². The summed E-state index contributed by atoms with van der Waals surface area (Å²) in [5, 5.41) is 26.8. The van der Waals surface area contributed by atoms with Crippen LogP contribution in [-0.2, 0) is 4.79 Å². The zero-order valence-electron chi connectivity index (χ0n) is 10.5. The number of carboxylic acids is 1. The Hall–Kier alpha value is -1.34. The summed E-state index contributed by atoms with van der Waals surface area (Å²) in [6, 6.07) is -0.233. The molecule has 0 bridgehead atoms. The highest BCUT2D eigenvalue weighted by Gasteiger charge is 2.25. The Morgan fingerprint density at radius 3 is 2.56 bits per heavy atom. The van der Waals surface area contributed by atoms with Gasteiger partial charge in [0, 0.05) is 12.6 Å². The average Bonchev–Trinajstić information content (AvgIpc) is 2.26. The van der Waals surface area contributed by atoms with E-state index in [0.29, 0.717) is 0 Å². The molecular formula is C11H21N3O4. The van der Waals surface area contributed by atoms with Gasteiger partial charge in [0.1, 0.15) is 0 Å². The van der Waals surface area contributed by atoms with E-state index in [9.17, 15) is 14.7 Å². The summed E-state index contributed by atoms with van der Waals surface area (Å²) in [7, 11) is 0. The summed E-state index contributed by atoms with van der Waals surface area (Å²) in [5.74, 6) is -1.10. The second-order valence-corrected chi connectivity index (χ2v) is 4.92. The van der Waals surface area contributed by atoms with Crippen LogP contribution < -0.4 is 16.0 Å². The molecule has 7 nitrogen and oxygen atoms in total. The summed E-state index contributed by atoms with van der Waals surface area (Å²) in [4.78, 5) is 22.0. The molecule has 18 heavy (non-hydrogen) atoms. The van der Waals surface area contributed by atoms with E-state index in [1.165, 1.54) is 6.92 Å². The molecule has 1 unspecified atom stereocenters. The molecule has 0 aromatic carbocycles. The summed E-state index contributed by atoms with van der Waals surface area (Å²) < 4.78 is 0. The molecular weight excluding hydrogens is 238 g/mol. The molecule has 7 heteroatoms. The van der Waals surface area contributed by atoms with Crippen molar-refractivity contribution in [3.63, 3.8) is 0 Å². The number of hydrogen-bond donors (Lipinski definition) is 5. The number of rotatable bonds is 5. The van der Waals surface area contributed by atoms with Crippen LogP contribution in [0.5, 0.6) is 0 Å². The molecule has 0 aromatic heterocycles. The van der Waals surface area contributed by atoms with Crippen LogP contribution in [0.25, 0.3) is 0 Å². The van der Waals surface area contributed by atoms with Crippen LogP contribution in [0.1, 0.15) is 26.2 Å². The fourth-order valence-electron chi connectivity index (χ4n) is 1.86. The molecule has 0 aliphatic carbocycles. The van der Waals surface area contributed by atoms with Crippen LogP contribution in [0.2, 0.25) is 0 Å². The third-order valence-electron chi connectivity index (χ3n) is 2.84. The Morgan fingerprint density at radius 2 is 2.00 bits per heavy atom. The molecule has 0 saturated carbocycles. The van der Waals surface area contributed by atoms with E-state index in [4.69, 9.17) is 5.11 Å². The van der Waals surface area contributed by atoms with Gasteiger partial charge in [-0.3, -0.25) is 4.79 Å². The molecule has 1 saturated heterocycles. The number of aliphatic hydroxyl groups is 1. The van der Waals surface area contributed by atoms with Crippen molar-refractivity contribution < 1.29 is 19.8 Å². The van der Waals surface area contributed by atoms with Crippen LogP contribution in [0, 0.1) is 0 Å². The van der Waals surface area contributed by atoms with Crippen molar-refractivity contribution in [2.75, 3.05) is 19.6 Å². The number of hydrogen-bond acceptors (Lipinski definition) is 4. The molecule has 1 fully saturated rings. The van der Waals surface area contributed by atoms with Crippen molar-refractivity contribution in [2.24, 2.45) is 0 Å². The third-order valence-corrected chi connectivity index (χ3v) is 2.84. The highest BCUT2D eigenvalue weighted by Crippen LogP contribution is 2.07. The lowest BCUT2D eigenvalue weighted by molar-refractivity contribution is -0.141. The van der Waals surface area contributed by atoms with Gasteiger partial charge in [0.2, 0.25) is 0 Å². The fourth-order valence-corrected chi connectivity index (χ4v) is 1.86. The van der Waals surface area contributed by atoms with Gasteiger partial charge in [0.25, 0.3) is 0 Å². The Bertz CT molecular complexity index is 301. The largest absolute Gasteiger partial charge is 0.481 e. The first kappa shape index (κ1) is 14.7. The summed E-state index contributed by atoms with van der Waals surface area (Å²) >= 11 is 0. The second kappa shape index (κ2) is 6.55. The van der Waals surface area contributed by atoms with Gasteiger partial charge in [0.05, 0.1) is 12.0 Å². The first-order valence-corrected chi connectivity index (χ1v) is 6.08. The van der Waals surface area contributed by atoms with Gasteiger partial charge in [-0.2, -0.15) is 0 Å². The minimum absolute atomic E-state index is 0.0872. The second-order valence-electron chi connectivity index (χ2n) is 4.92. The van der Waals surface area contributed by atoms with Crippen molar-refractivity contribution in [2.45, 2.75) is 37.8 Å². The number of carboxylic acid groups (broad SMARTS) is 1. The first-order chi connectivity index (χ1) is 8.39. The first-order valence-electron chi connectivity index (χ1n) is 6.08. The van der Waals surface area contributed by atoms with Crippen molar-refractivity contribution in [1.82, 2.24) is 16.0 Å². The van der Waals surface area contributed by atoms with Gasteiger partial charge < -0.3 is 26.2 Å². The summed E-state index contributed by atoms with van der Waals surface area (Å²) in [6.07, 6.45) is 1.35. The maximum Gasteiger partial charge on any atom is 0.315 e. The average molecular weight is 259 g/mol. The van der Waals surface area contributed by atoms with Gasteiger partial charge in [0.15, 0.2) is 0 Å². The predicted octanol–water partition coefficient (Wildman–Crippen LogP) is -0.737. The molecule has 0 spiro atoms. The maximum atomic E-state index is 11.5. The molecule has 1 atom stereocenters. The molecule has 0 aromatic rings. The highest BCUT2D eigenvalue weighted by atomic mass is 16.4. The minimum Gasteiger partial charge on any atom is -0.481 e. The standard InChI is InChI=1S/C11H21N3O4/c1-11(18,6-9(15)16)7-13-10(17)14-8-2-4-12-5-3-8/h8,12,18H,2-7H2,1H3,(H,15,16)(H2,13,14,17). The molecule has 5 N–H and O–H groups in total. The lowest BCUT2D eigenvalue weighted by Crippen LogP contribution is -2.50.